The van der Waals surface area contributed by atoms with Gasteiger partial charge in [0.05, 0.1) is 0 Å². The van der Waals surface area contributed by atoms with Crippen LogP contribution in [0.1, 0.15) is 0 Å². The Morgan fingerprint density at radius 3 is 2.00 bits per heavy atom. The van der Waals surface area contributed by atoms with Crippen molar-refractivity contribution < 1.29 is 4.20 Å². The van der Waals surface area contributed by atoms with Gasteiger partial charge < -0.3 is 0 Å². The van der Waals surface area contributed by atoms with Crippen LogP contribution in [-0.2, 0) is 0 Å². The Morgan fingerprint density at radius 2 is 2.00 bits per heavy atom. The Morgan fingerprint density at radius 1 is 1.80 bits per heavy atom. The van der Waals surface area contributed by atoms with E-state index in [-0.39, 0.29) is 0 Å². The third kappa shape index (κ3) is 0.983. The maximum Gasteiger partial charge on any atom is 0.120 e. The molecule has 0 aromatic carbocycles. The topological polar surface area (TPSA) is 0 Å². The van der Waals surface area contributed by atoms with Crippen molar-refractivity contribution in [3.05, 3.63) is 0 Å². The van der Waals surface area contributed by atoms with Crippen LogP contribution in [0, 0.1) is 0 Å². The van der Waals surface area contributed by atoms with Gasteiger partial charge in [-0.1, -0.05) is 11.2 Å². The molecule has 0 aliphatic heterocycles. The lowest BCUT2D eigenvalue weighted by Gasteiger charge is -1.47. The quantitative estimate of drug-likeness (QED) is 0.529. The summed E-state index contributed by atoms with van der Waals surface area (Å²) in [4.78, 5) is 0. The van der Waals surface area contributed by atoms with Crippen molar-refractivity contribution in [3.8, 4) is 0 Å². The smallest absolute Gasteiger partial charge is 0.120 e. The van der Waals surface area contributed by atoms with E-state index < -0.39 is 13.4 Å². The summed E-state index contributed by atoms with van der Waals surface area (Å²) in [6, 6.07) is 0. The maximum atomic E-state index is 11.5. The van der Waals surface area contributed by atoms with Gasteiger partial charge in [-0.05, 0) is 7.55 Å². The first-order chi connectivity index (χ1) is 2.30. The zero-order valence-corrected chi connectivity index (χ0v) is 5.70. The van der Waals surface area contributed by atoms with E-state index in [0.717, 1.165) is 0 Å². The molecule has 0 spiro atoms. The van der Waals surface area contributed by atoms with Crippen LogP contribution >= 0.6 is 32.2 Å². The second-order valence-corrected chi connectivity index (χ2v) is 13.9. The van der Waals surface area contributed by atoms with Gasteiger partial charge in [0.15, 0.2) is 0 Å². The molecular weight excluding hydrogens is 147 g/mol. The summed E-state index contributed by atoms with van der Waals surface area (Å²) in [5, 5.41) is 0. The lowest BCUT2D eigenvalue weighted by atomic mass is 18.9. The van der Waals surface area contributed by atoms with Crippen LogP contribution in [0.15, 0.2) is 0 Å². The minimum absolute atomic E-state index is 0.509. The molecule has 0 aliphatic carbocycles. The molecule has 30 valence electrons. The van der Waals surface area contributed by atoms with Crippen LogP contribution in [0.25, 0.3) is 0 Å². The summed E-state index contributed by atoms with van der Waals surface area (Å²) < 4.78 is 11.5. The molecule has 0 bridgehead atoms. The molecule has 1 aromatic rings. The molecule has 3 atom stereocenters. The van der Waals surface area contributed by atoms with E-state index in [9.17, 15) is 4.20 Å². The van der Waals surface area contributed by atoms with E-state index in [1.54, 1.807) is 0 Å². The van der Waals surface area contributed by atoms with Crippen molar-refractivity contribution in [2.24, 2.45) is 0 Å². The van der Waals surface area contributed by atoms with E-state index >= 15 is 0 Å². The predicted octanol–water partition coefficient (Wildman–Crippen LogP) is 3.43. The van der Waals surface area contributed by atoms with E-state index in [2.05, 4.69) is 0 Å². The van der Waals surface area contributed by atoms with Gasteiger partial charge in [0.25, 0.3) is 0 Å². The van der Waals surface area contributed by atoms with Gasteiger partial charge in [0, 0.05) is 6.24 Å². The van der Waals surface area contributed by atoms with Gasteiger partial charge in [-0.25, -0.2) is 0 Å². The van der Waals surface area contributed by atoms with Crippen LogP contribution in [0.2, 0.25) is 0 Å². The van der Waals surface area contributed by atoms with Gasteiger partial charge in [-0.2, -0.15) is 4.20 Å². The average molecular weight is 148 g/mol. The van der Waals surface area contributed by atoms with Gasteiger partial charge in [-0.3, -0.25) is 0 Å². The third-order valence-corrected chi connectivity index (χ3v) is 11.6. The lowest BCUT2D eigenvalue weighted by Crippen LogP contribution is -0.742. The Labute approximate surface area is 37.1 Å². The first-order valence-electron chi connectivity index (χ1n) is 0.985. The molecule has 0 radical (unpaired) electrons. The molecule has 3 unspecified atom stereocenters. The molecule has 0 N–H and O–H groups in total. The lowest BCUT2D eigenvalue weighted by molar-refractivity contribution is 0.935. The fourth-order valence-electron chi connectivity index (χ4n) is 0.0481. The second-order valence-electron chi connectivity index (χ2n) is 0.620. The van der Waals surface area contributed by atoms with Crippen molar-refractivity contribution in [2.75, 3.05) is 0 Å². The number of halogens is 2. The van der Waals surface area contributed by atoms with E-state index in [0.29, 0.717) is 7.55 Å². The molecular formula is HClFP3. The maximum absolute atomic E-state index is 11.5. The predicted molar refractivity (Wildman–Crippen MR) is 29.1 cm³/mol. The highest BCUT2D eigenvalue weighted by Crippen LogP contribution is 2.81. The van der Waals surface area contributed by atoms with E-state index in [1.165, 1.54) is 0 Å². The van der Waals surface area contributed by atoms with Crippen LogP contribution in [0.4, 0.5) is 4.20 Å². The largest absolute Gasteiger partial charge is 0.181 e. The highest BCUT2D eigenvalue weighted by molar-refractivity contribution is 8.72. The minimum Gasteiger partial charge on any atom is -0.181 e. The second kappa shape index (κ2) is 1.32. The normalized spacial score (nSPS) is 18.8. The summed E-state index contributed by atoms with van der Waals surface area (Å²) in [5.41, 5.74) is 0. The summed E-state index contributed by atoms with van der Waals surface area (Å²) in [6.07, 6.45) is -0.533. The molecule has 0 amide bonds. The molecule has 1 heterocycles. The van der Waals surface area contributed by atoms with Crippen LogP contribution < -0.4 is 0 Å². The first kappa shape index (κ1) is 4.28. The van der Waals surface area contributed by atoms with Gasteiger partial charge in [0.1, 0.15) is 7.20 Å². The van der Waals surface area contributed by atoms with E-state index in [4.69, 9.17) is 11.2 Å². The summed E-state index contributed by atoms with van der Waals surface area (Å²) in [6.45, 7) is 0. The van der Waals surface area contributed by atoms with Crippen LogP contribution in [0.5, 0.6) is 0 Å². The fourth-order valence-corrected chi connectivity index (χ4v) is 6.63. The SMILES string of the molecule is Fp1[pH]p1Cl. The monoisotopic (exact) mass is 148 g/mol. The van der Waals surface area contributed by atoms with Crippen molar-refractivity contribution in [1.29, 1.82) is 0 Å². The van der Waals surface area contributed by atoms with Gasteiger partial charge in [-0.15, -0.1) is 0 Å². The third-order valence-electron chi connectivity index (χ3n) is 0.280. The van der Waals surface area contributed by atoms with Crippen molar-refractivity contribution >= 4 is 32.2 Å². The zero-order chi connectivity index (χ0) is 3.86. The van der Waals surface area contributed by atoms with Gasteiger partial charge in [0.2, 0.25) is 0 Å². The molecule has 0 saturated heterocycles. The summed E-state index contributed by atoms with van der Waals surface area (Å²) in [5.74, 6) is 0. The first-order valence-corrected chi connectivity index (χ1v) is 7.85. The molecule has 0 nitrogen and oxygen atoms in total. The van der Waals surface area contributed by atoms with Crippen LogP contribution in [0.3, 0.4) is 0 Å². The molecule has 0 fully saturated rings. The molecule has 5 heavy (non-hydrogen) atoms. The average Bonchev–Trinajstić information content (AvgIpc) is 1.79. The van der Waals surface area contributed by atoms with Crippen molar-refractivity contribution in [1.82, 2.24) is 0 Å². The Kier molecular flexibility index (Phi) is 1.13. The highest BCUT2D eigenvalue weighted by Gasteiger charge is 2.02. The fraction of sp³-hybridized carbons (Fsp3) is 0. The molecule has 5 heteroatoms. The zero-order valence-electron chi connectivity index (χ0n) is 2.15. The van der Waals surface area contributed by atoms with Gasteiger partial charge >= 0.3 is 0 Å². The molecule has 0 saturated carbocycles. The molecule has 1 aromatic heterocycles. The van der Waals surface area contributed by atoms with Crippen molar-refractivity contribution in [2.45, 2.75) is 0 Å². The minimum atomic E-state index is -1.07. The number of hydrogen-bond acceptors (Lipinski definition) is 0. The number of hydrogen-bond donors (Lipinski definition) is 0. The summed E-state index contributed by atoms with van der Waals surface area (Å²) in [7, 11) is -0.564. The Hall–Kier alpha value is 1.12. The van der Waals surface area contributed by atoms with E-state index in [1.807, 2.05) is 0 Å². The number of rotatable bonds is 0. The van der Waals surface area contributed by atoms with Crippen molar-refractivity contribution in [3.63, 3.8) is 0 Å². The Bertz CT molecular complexity index is 91.1. The standard InChI is InChI=1S/ClFHP3/c1-4-3-5(4)2/h3H. The highest BCUT2D eigenvalue weighted by atomic mass is 35.7. The molecule has 1 rings (SSSR count). The summed E-state index contributed by atoms with van der Waals surface area (Å²) >= 11 is 5.27. The Balaban J connectivity index is 2.73. The molecule has 0 aliphatic rings. The van der Waals surface area contributed by atoms with Crippen LogP contribution in [-0.4, -0.2) is 0 Å².